The van der Waals surface area contributed by atoms with Crippen LogP contribution in [0.4, 0.5) is 5.69 Å². The second-order valence-electron chi connectivity index (χ2n) is 5.38. The Morgan fingerprint density at radius 3 is 2.62 bits per heavy atom. The summed E-state index contributed by atoms with van der Waals surface area (Å²) in [6.07, 6.45) is 0.724. The summed E-state index contributed by atoms with van der Waals surface area (Å²) in [5.41, 5.74) is 0.930. The van der Waals surface area contributed by atoms with Crippen LogP contribution in [0.2, 0.25) is 0 Å². The third kappa shape index (κ3) is 5.94. The summed E-state index contributed by atoms with van der Waals surface area (Å²) in [5.74, 6) is 2.29. The van der Waals surface area contributed by atoms with Gasteiger partial charge in [-0.1, -0.05) is 0 Å². The average Bonchev–Trinajstić information content (AvgIpc) is 3.05. The summed E-state index contributed by atoms with van der Waals surface area (Å²) in [7, 11) is 0. The molecule has 1 heterocycles. The number of benzene rings is 1. The molecule has 2 rings (SSSR count). The Morgan fingerprint density at radius 1 is 1.12 bits per heavy atom. The molecular formula is C18H26N4O4. The van der Waals surface area contributed by atoms with Crippen LogP contribution in [0.15, 0.2) is 18.2 Å². The third-order valence-electron chi connectivity index (χ3n) is 3.42. The second kappa shape index (κ2) is 10.3. The monoisotopic (exact) mass is 362 g/mol. The van der Waals surface area contributed by atoms with Crippen LogP contribution in [-0.2, 0) is 22.4 Å². The summed E-state index contributed by atoms with van der Waals surface area (Å²) in [5, 5.41) is 10.2. The zero-order valence-electron chi connectivity index (χ0n) is 15.5. The molecule has 0 amide bonds. The first-order valence-corrected chi connectivity index (χ1v) is 8.85. The van der Waals surface area contributed by atoms with Gasteiger partial charge in [-0.2, -0.15) is 5.10 Å². The molecule has 8 nitrogen and oxygen atoms in total. The quantitative estimate of drug-likeness (QED) is 0.592. The van der Waals surface area contributed by atoms with Gasteiger partial charge in [0.15, 0.2) is 17.3 Å². The predicted octanol–water partition coefficient (Wildman–Crippen LogP) is 2.36. The normalized spacial score (nSPS) is 10.4. The number of anilines is 1. The van der Waals surface area contributed by atoms with Crippen LogP contribution >= 0.6 is 0 Å². The Balaban J connectivity index is 1.86. The van der Waals surface area contributed by atoms with Gasteiger partial charge in [-0.3, -0.25) is 9.89 Å². The Morgan fingerprint density at radius 2 is 1.88 bits per heavy atom. The van der Waals surface area contributed by atoms with Gasteiger partial charge in [0.1, 0.15) is 12.2 Å². The van der Waals surface area contributed by atoms with E-state index < -0.39 is 0 Å². The zero-order chi connectivity index (χ0) is 18.8. The summed E-state index contributed by atoms with van der Waals surface area (Å²) in [4.78, 5) is 15.7. The van der Waals surface area contributed by atoms with Crippen molar-refractivity contribution in [2.75, 3.05) is 31.7 Å². The molecule has 142 valence electrons. The first-order valence-electron chi connectivity index (χ1n) is 8.85. The van der Waals surface area contributed by atoms with E-state index in [4.69, 9.17) is 14.2 Å². The smallest absolute Gasteiger partial charge is 0.313 e. The summed E-state index contributed by atoms with van der Waals surface area (Å²) < 4.78 is 16.1. The summed E-state index contributed by atoms with van der Waals surface area (Å²) in [6, 6.07) is 5.75. The van der Waals surface area contributed by atoms with E-state index in [9.17, 15) is 4.79 Å². The number of aromatic nitrogens is 3. The fourth-order valence-electron chi connectivity index (χ4n) is 2.35. The first kappa shape index (κ1) is 19.6. The Bertz CT molecular complexity index is 702. The van der Waals surface area contributed by atoms with Crippen LogP contribution in [0, 0.1) is 0 Å². The Hall–Kier alpha value is -2.77. The minimum Gasteiger partial charge on any atom is -0.490 e. The molecule has 0 fully saturated rings. The SMILES string of the molecule is CCOC(=O)Cc1nc(CCNc2ccc(OCC)c(OCC)c2)n[nH]1. The molecule has 26 heavy (non-hydrogen) atoms. The Labute approximate surface area is 153 Å². The number of hydrogen-bond acceptors (Lipinski definition) is 7. The van der Waals surface area contributed by atoms with Crippen LogP contribution in [0.3, 0.4) is 0 Å². The molecule has 0 bridgehead atoms. The molecule has 0 spiro atoms. The predicted molar refractivity (Wildman–Crippen MR) is 97.7 cm³/mol. The van der Waals surface area contributed by atoms with E-state index in [1.807, 2.05) is 32.0 Å². The van der Waals surface area contributed by atoms with Crippen molar-refractivity contribution in [1.82, 2.24) is 15.2 Å². The van der Waals surface area contributed by atoms with Gasteiger partial charge >= 0.3 is 5.97 Å². The van der Waals surface area contributed by atoms with Crippen molar-refractivity contribution < 1.29 is 19.0 Å². The van der Waals surface area contributed by atoms with E-state index in [2.05, 4.69) is 20.5 Å². The largest absolute Gasteiger partial charge is 0.490 e. The summed E-state index contributed by atoms with van der Waals surface area (Å²) >= 11 is 0. The number of esters is 1. The lowest BCUT2D eigenvalue weighted by Gasteiger charge is -2.13. The number of aromatic amines is 1. The molecular weight excluding hydrogens is 336 g/mol. The van der Waals surface area contributed by atoms with Crippen molar-refractivity contribution in [1.29, 1.82) is 0 Å². The average molecular weight is 362 g/mol. The highest BCUT2D eigenvalue weighted by atomic mass is 16.5. The number of ether oxygens (including phenoxy) is 3. The zero-order valence-corrected chi connectivity index (χ0v) is 15.5. The minimum absolute atomic E-state index is 0.102. The first-order chi connectivity index (χ1) is 12.7. The van der Waals surface area contributed by atoms with Crippen molar-refractivity contribution in [3.05, 3.63) is 29.8 Å². The third-order valence-corrected chi connectivity index (χ3v) is 3.42. The molecule has 0 radical (unpaired) electrons. The lowest BCUT2D eigenvalue weighted by Crippen LogP contribution is -2.09. The van der Waals surface area contributed by atoms with E-state index in [0.29, 0.717) is 50.2 Å². The van der Waals surface area contributed by atoms with Crippen LogP contribution < -0.4 is 14.8 Å². The van der Waals surface area contributed by atoms with Gasteiger partial charge in [0.2, 0.25) is 0 Å². The van der Waals surface area contributed by atoms with Gasteiger partial charge in [-0.25, -0.2) is 4.98 Å². The molecule has 0 aliphatic heterocycles. The molecule has 0 saturated heterocycles. The fourth-order valence-corrected chi connectivity index (χ4v) is 2.35. The van der Waals surface area contributed by atoms with Crippen LogP contribution in [-0.4, -0.2) is 47.5 Å². The van der Waals surface area contributed by atoms with Gasteiger partial charge < -0.3 is 19.5 Å². The lowest BCUT2D eigenvalue weighted by molar-refractivity contribution is -0.142. The second-order valence-corrected chi connectivity index (χ2v) is 5.38. The highest BCUT2D eigenvalue weighted by Gasteiger charge is 2.10. The van der Waals surface area contributed by atoms with Gasteiger partial charge in [0.25, 0.3) is 0 Å². The van der Waals surface area contributed by atoms with Crippen molar-refractivity contribution in [2.24, 2.45) is 0 Å². The number of carbonyl (C=O) groups is 1. The van der Waals surface area contributed by atoms with E-state index in [1.165, 1.54) is 0 Å². The Kier molecular flexibility index (Phi) is 7.73. The molecule has 1 aromatic heterocycles. The van der Waals surface area contributed by atoms with E-state index in [1.54, 1.807) is 6.92 Å². The number of nitrogens with one attached hydrogen (secondary N) is 2. The molecule has 8 heteroatoms. The number of H-pyrrole nitrogens is 1. The van der Waals surface area contributed by atoms with Crippen molar-refractivity contribution >= 4 is 11.7 Å². The van der Waals surface area contributed by atoms with Crippen molar-refractivity contribution in [2.45, 2.75) is 33.6 Å². The fraction of sp³-hybridized carbons (Fsp3) is 0.500. The van der Waals surface area contributed by atoms with E-state index in [0.717, 1.165) is 11.4 Å². The van der Waals surface area contributed by atoms with Crippen molar-refractivity contribution in [3.63, 3.8) is 0 Å². The molecule has 1 aromatic carbocycles. The maximum atomic E-state index is 11.4. The topological polar surface area (TPSA) is 98.4 Å². The number of hydrogen-bond donors (Lipinski definition) is 2. The molecule has 0 unspecified atom stereocenters. The lowest BCUT2D eigenvalue weighted by atomic mass is 10.2. The molecule has 0 aliphatic carbocycles. The molecule has 0 saturated carbocycles. The minimum atomic E-state index is -0.314. The molecule has 2 N–H and O–H groups in total. The van der Waals surface area contributed by atoms with Crippen molar-refractivity contribution in [3.8, 4) is 11.5 Å². The van der Waals surface area contributed by atoms with Crippen LogP contribution in [0.1, 0.15) is 32.4 Å². The van der Waals surface area contributed by atoms with Crippen LogP contribution in [0.25, 0.3) is 0 Å². The van der Waals surface area contributed by atoms with Gasteiger partial charge in [-0.05, 0) is 32.9 Å². The summed E-state index contributed by atoms with van der Waals surface area (Å²) in [6.45, 7) is 7.82. The van der Waals surface area contributed by atoms with E-state index in [-0.39, 0.29) is 12.4 Å². The highest BCUT2D eigenvalue weighted by Crippen LogP contribution is 2.30. The van der Waals surface area contributed by atoms with Gasteiger partial charge in [0.05, 0.1) is 19.8 Å². The maximum Gasteiger partial charge on any atom is 0.313 e. The molecule has 2 aromatic rings. The number of carbonyl (C=O) groups excluding carboxylic acids is 1. The molecule has 0 atom stereocenters. The highest BCUT2D eigenvalue weighted by molar-refractivity contribution is 5.71. The number of rotatable bonds is 11. The van der Waals surface area contributed by atoms with E-state index >= 15 is 0 Å². The number of nitrogens with zero attached hydrogens (tertiary/aromatic N) is 2. The standard InChI is InChI=1S/C18H26N4O4/c1-4-24-14-8-7-13(11-15(14)25-5-2)19-10-9-16-20-17(22-21-16)12-18(23)26-6-3/h7-8,11,19H,4-6,9-10,12H2,1-3H3,(H,20,21,22). The maximum absolute atomic E-state index is 11.4. The van der Waals surface area contributed by atoms with Gasteiger partial charge in [-0.15, -0.1) is 0 Å². The van der Waals surface area contributed by atoms with Gasteiger partial charge in [0, 0.05) is 24.7 Å². The van der Waals surface area contributed by atoms with Crippen LogP contribution in [0.5, 0.6) is 11.5 Å². The molecule has 0 aliphatic rings.